The van der Waals surface area contributed by atoms with E-state index in [2.05, 4.69) is 12.2 Å². The highest BCUT2D eigenvalue weighted by molar-refractivity contribution is 5.12. The van der Waals surface area contributed by atoms with Crippen molar-refractivity contribution in [2.45, 2.75) is 31.8 Å². The molecule has 0 amide bonds. The lowest BCUT2D eigenvalue weighted by Gasteiger charge is -2.44. The van der Waals surface area contributed by atoms with Crippen molar-refractivity contribution in [3.8, 4) is 0 Å². The Balaban J connectivity index is 2.17. The SMILES string of the molecule is CC1CNCCC1(O)C1(CN)CC1. The number of hydrogen-bond donors (Lipinski definition) is 3. The van der Waals surface area contributed by atoms with Crippen LogP contribution < -0.4 is 11.1 Å². The Morgan fingerprint density at radius 1 is 1.46 bits per heavy atom. The van der Waals surface area contributed by atoms with Crippen LogP contribution in [-0.2, 0) is 0 Å². The second-order valence-electron chi connectivity index (χ2n) is 4.76. The van der Waals surface area contributed by atoms with E-state index in [9.17, 15) is 5.11 Å². The second kappa shape index (κ2) is 2.94. The molecule has 13 heavy (non-hydrogen) atoms. The van der Waals surface area contributed by atoms with Crippen LogP contribution in [0.3, 0.4) is 0 Å². The van der Waals surface area contributed by atoms with Crippen LogP contribution in [0.15, 0.2) is 0 Å². The summed E-state index contributed by atoms with van der Waals surface area (Å²) in [7, 11) is 0. The zero-order valence-corrected chi connectivity index (χ0v) is 8.34. The molecule has 2 atom stereocenters. The topological polar surface area (TPSA) is 58.3 Å². The summed E-state index contributed by atoms with van der Waals surface area (Å²) >= 11 is 0. The van der Waals surface area contributed by atoms with Crippen LogP contribution in [0.5, 0.6) is 0 Å². The van der Waals surface area contributed by atoms with Crippen LogP contribution in [0, 0.1) is 11.3 Å². The normalized spacial score (nSPS) is 43.2. The van der Waals surface area contributed by atoms with Crippen molar-refractivity contribution in [3.63, 3.8) is 0 Å². The Kier molecular flexibility index (Phi) is 2.13. The molecule has 2 rings (SSSR count). The van der Waals surface area contributed by atoms with Gasteiger partial charge in [0.15, 0.2) is 0 Å². The van der Waals surface area contributed by atoms with Gasteiger partial charge in [0.25, 0.3) is 0 Å². The molecule has 76 valence electrons. The van der Waals surface area contributed by atoms with E-state index in [-0.39, 0.29) is 5.41 Å². The maximum absolute atomic E-state index is 10.6. The van der Waals surface area contributed by atoms with Gasteiger partial charge in [-0.1, -0.05) is 6.92 Å². The molecule has 0 aromatic heterocycles. The van der Waals surface area contributed by atoms with Crippen molar-refractivity contribution in [2.75, 3.05) is 19.6 Å². The Morgan fingerprint density at radius 3 is 2.62 bits per heavy atom. The van der Waals surface area contributed by atoms with E-state index in [0.29, 0.717) is 12.5 Å². The van der Waals surface area contributed by atoms with E-state index in [4.69, 9.17) is 5.73 Å². The fourth-order valence-corrected chi connectivity index (χ4v) is 2.77. The van der Waals surface area contributed by atoms with Gasteiger partial charge in [-0.25, -0.2) is 0 Å². The molecule has 0 aromatic carbocycles. The van der Waals surface area contributed by atoms with Crippen LogP contribution in [0.4, 0.5) is 0 Å². The maximum Gasteiger partial charge on any atom is 0.0765 e. The Morgan fingerprint density at radius 2 is 2.15 bits per heavy atom. The van der Waals surface area contributed by atoms with Gasteiger partial charge in [0.05, 0.1) is 5.60 Å². The summed E-state index contributed by atoms with van der Waals surface area (Å²) in [5.74, 6) is 0.340. The molecule has 0 bridgehead atoms. The van der Waals surface area contributed by atoms with Crippen molar-refractivity contribution >= 4 is 0 Å². The van der Waals surface area contributed by atoms with Crippen LogP contribution >= 0.6 is 0 Å². The molecule has 2 fully saturated rings. The third kappa shape index (κ3) is 1.22. The first-order valence-electron chi connectivity index (χ1n) is 5.28. The smallest absolute Gasteiger partial charge is 0.0765 e. The number of hydrogen-bond acceptors (Lipinski definition) is 3. The zero-order chi connectivity index (χ0) is 9.53. The van der Waals surface area contributed by atoms with Gasteiger partial charge in [0.2, 0.25) is 0 Å². The van der Waals surface area contributed by atoms with Crippen molar-refractivity contribution < 1.29 is 5.11 Å². The molecular weight excluding hydrogens is 164 g/mol. The monoisotopic (exact) mass is 184 g/mol. The molecule has 1 saturated carbocycles. The van der Waals surface area contributed by atoms with Crippen molar-refractivity contribution in [1.29, 1.82) is 0 Å². The number of nitrogens with one attached hydrogen (secondary N) is 1. The molecule has 2 unspecified atom stereocenters. The van der Waals surface area contributed by atoms with Crippen LogP contribution in [0.1, 0.15) is 26.2 Å². The molecule has 0 spiro atoms. The highest BCUT2D eigenvalue weighted by atomic mass is 16.3. The first kappa shape index (κ1) is 9.44. The van der Waals surface area contributed by atoms with Crippen molar-refractivity contribution in [3.05, 3.63) is 0 Å². The molecule has 1 aliphatic heterocycles. The van der Waals surface area contributed by atoms with E-state index < -0.39 is 5.60 Å². The van der Waals surface area contributed by atoms with Gasteiger partial charge >= 0.3 is 0 Å². The van der Waals surface area contributed by atoms with Gasteiger partial charge in [-0.3, -0.25) is 0 Å². The van der Waals surface area contributed by atoms with Gasteiger partial charge < -0.3 is 16.2 Å². The average molecular weight is 184 g/mol. The van der Waals surface area contributed by atoms with E-state index in [0.717, 1.165) is 32.4 Å². The number of aliphatic hydroxyl groups is 1. The van der Waals surface area contributed by atoms with E-state index in [1.54, 1.807) is 0 Å². The minimum absolute atomic E-state index is 0.0640. The largest absolute Gasteiger partial charge is 0.389 e. The number of rotatable bonds is 2. The standard InChI is InChI=1S/C10H20N2O/c1-8-6-12-5-4-10(8,13)9(7-11)2-3-9/h8,12-13H,2-7,11H2,1H3. The summed E-state index contributed by atoms with van der Waals surface area (Å²) in [6, 6.07) is 0. The Hall–Kier alpha value is -0.120. The van der Waals surface area contributed by atoms with Gasteiger partial charge in [0, 0.05) is 18.5 Å². The first-order chi connectivity index (χ1) is 6.15. The lowest BCUT2D eigenvalue weighted by molar-refractivity contribution is -0.0917. The summed E-state index contributed by atoms with van der Waals surface area (Å²) in [4.78, 5) is 0. The molecule has 4 N–H and O–H groups in total. The molecule has 1 aliphatic carbocycles. The lowest BCUT2D eigenvalue weighted by Crippen LogP contribution is -2.56. The minimum Gasteiger partial charge on any atom is -0.389 e. The van der Waals surface area contributed by atoms with Gasteiger partial charge in [-0.15, -0.1) is 0 Å². The predicted molar refractivity (Wildman–Crippen MR) is 52.3 cm³/mol. The summed E-state index contributed by atoms with van der Waals surface area (Å²) in [6.07, 6.45) is 3.10. The Bertz CT molecular complexity index is 203. The van der Waals surface area contributed by atoms with Crippen molar-refractivity contribution in [1.82, 2.24) is 5.32 Å². The summed E-state index contributed by atoms with van der Waals surface area (Å²) in [6.45, 7) is 4.64. The molecule has 3 heteroatoms. The zero-order valence-electron chi connectivity index (χ0n) is 8.34. The lowest BCUT2D eigenvalue weighted by atomic mass is 9.71. The summed E-state index contributed by atoms with van der Waals surface area (Å²) in [5.41, 5.74) is 5.34. The molecular formula is C10H20N2O. The third-order valence-electron chi connectivity index (χ3n) is 4.11. The molecule has 3 nitrogen and oxygen atoms in total. The fraction of sp³-hybridized carbons (Fsp3) is 1.00. The number of piperidine rings is 1. The third-order valence-corrected chi connectivity index (χ3v) is 4.11. The maximum atomic E-state index is 10.6. The van der Waals surface area contributed by atoms with Gasteiger partial charge in [0.1, 0.15) is 0 Å². The average Bonchev–Trinajstić information content (AvgIpc) is 2.91. The number of nitrogens with two attached hydrogens (primary N) is 1. The van der Waals surface area contributed by atoms with Crippen LogP contribution in [0.25, 0.3) is 0 Å². The van der Waals surface area contributed by atoms with Crippen LogP contribution in [0.2, 0.25) is 0 Å². The minimum atomic E-state index is -0.493. The van der Waals surface area contributed by atoms with E-state index in [1.807, 2.05) is 0 Å². The van der Waals surface area contributed by atoms with E-state index in [1.165, 1.54) is 0 Å². The molecule has 1 saturated heterocycles. The van der Waals surface area contributed by atoms with E-state index >= 15 is 0 Å². The predicted octanol–water partition coefficient (Wildman–Crippen LogP) is 0.0858. The fourth-order valence-electron chi connectivity index (χ4n) is 2.77. The highest BCUT2D eigenvalue weighted by Gasteiger charge is 2.60. The molecule has 0 aromatic rings. The highest BCUT2D eigenvalue weighted by Crippen LogP contribution is 2.57. The molecule has 1 heterocycles. The molecule has 2 aliphatic rings. The summed E-state index contributed by atoms with van der Waals surface area (Å²) < 4.78 is 0. The quantitative estimate of drug-likeness (QED) is 0.570. The van der Waals surface area contributed by atoms with Crippen LogP contribution in [-0.4, -0.2) is 30.3 Å². The summed E-state index contributed by atoms with van der Waals surface area (Å²) in [5, 5.41) is 13.9. The van der Waals surface area contributed by atoms with Crippen molar-refractivity contribution in [2.24, 2.45) is 17.1 Å². The molecule has 0 radical (unpaired) electrons. The second-order valence-corrected chi connectivity index (χ2v) is 4.76. The Labute approximate surface area is 79.7 Å². The first-order valence-corrected chi connectivity index (χ1v) is 5.28. The van der Waals surface area contributed by atoms with Gasteiger partial charge in [-0.05, 0) is 31.7 Å². The van der Waals surface area contributed by atoms with Gasteiger partial charge in [-0.2, -0.15) is 0 Å².